The molecule has 3 amide bonds. The number of H-pyrrole nitrogens is 1. The van der Waals surface area contributed by atoms with E-state index in [0.717, 1.165) is 28.5 Å². The number of nitrogens with two attached hydrogens (primary N) is 2. The second-order valence-corrected chi connectivity index (χ2v) is 12.5. The summed E-state index contributed by atoms with van der Waals surface area (Å²) < 4.78 is 14.2. The fourth-order valence-corrected chi connectivity index (χ4v) is 6.75. The van der Waals surface area contributed by atoms with E-state index in [-0.39, 0.29) is 36.8 Å². The van der Waals surface area contributed by atoms with Crippen molar-refractivity contribution in [1.29, 1.82) is 0 Å². The highest BCUT2D eigenvalue weighted by atomic mass is 16.5. The average molecular weight is 639 g/mol. The summed E-state index contributed by atoms with van der Waals surface area (Å²) in [5.74, 6) is -0.155. The molecule has 0 aliphatic carbocycles. The second-order valence-electron chi connectivity index (χ2n) is 12.5. The van der Waals surface area contributed by atoms with E-state index in [2.05, 4.69) is 27.1 Å². The molecule has 2 aliphatic rings. The van der Waals surface area contributed by atoms with E-state index >= 15 is 0 Å². The fraction of sp³-hybridized carbons (Fsp3) is 0.389. The molecular weight excluding hydrogens is 594 g/mol. The summed E-state index contributed by atoms with van der Waals surface area (Å²) in [5, 5.41) is 5.14. The molecule has 0 radical (unpaired) electrons. The minimum atomic E-state index is -0.945. The number of nitrogens with zero attached hydrogens (tertiary/aromatic N) is 3. The molecule has 1 aromatic heterocycles. The summed E-state index contributed by atoms with van der Waals surface area (Å²) in [6, 6.07) is 20.8. The molecular formula is C36H43N7O4. The zero-order chi connectivity index (χ0) is 33.5. The number of benzene rings is 3. The molecule has 5 atom stereocenters. The number of hydrogen-bond acceptors (Lipinski definition) is 7. The number of hydrogen-bond donors (Lipinski definition) is 4. The third kappa shape index (κ3) is 7.64. The number of ether oxygens (including phenoxy) is 1. The summed E-state index contributed by atoms with van der Waals surface area (Å²) in [7, 11) is 0. The van der Waals surface area contributed by atoms with Crippen molar-refractivity contribution in [3.63, 3.8) is 0 Å². The van der Waals surface area contributed by atoms with Crippen LogP contribution in [-0.4, -0.2) is 87.4 Å². The Hall–Kier alpha value is -4.74. The number of aromatic nitrogens is 2. The number of unbranched alkanes of at least 4 members (excludes halogenated alkanes) is 1. The van der Waals surface area contributed by atoms with Gasteiger partial charge in [-0.3, -0.25) is 14.4 Å². The van der Waals surface area contributed by atoms with Crippen LogP contribution in [0.1, 0.15) is 36.9 Å². The summed E-state index contributed by atoms with van der Waals surface area (Å²) in [5.41, 5.74) is 9.67. The Labute approximate surface area is 276 Å². The minimum absolute atomic E-state index is 0.101. The van der Waals surface area contributed by atoms with Gasteiger partial charge in [0.25, 0.3) is 0 Å². The highest BCUT2D eigenvalue weighted by molar-refractivity contribution is 5.94. The standard InChI is InChI=1S/C36H43N7O4/c37-15-7-6-12-33-36(46)42-22-30(47-29-14-13-25-10-4-5-11-26(25)17-29)19-28(42)21-43(33)35(45)32(16-24-8-2-1-3-9-24)41-34(44)31(38)18-27-20-39-23-40-27/h1-5,8-11,13-14,17,20,23,28,30-33H,6-7,12,15-16,18-19,21-22,37-38H2,(H,39,40)(H,41,44)/t28?,30-,31-,32-,33-/m0/s1/i/hD. The van der Waals surface area contributed by atoms with Gasteiger partial charge in [0.2, 0.25) is 17.7 Å². The lowest BCUT2D eigenvalue weighted by Gasteiger charge is -2.44. The number of imidazole rings is 1. The Morgan fingerprint density at radius 2 is 1.85 bits per heavy atom. The lowest BCUT2D eigenvalue weighted by molar-refractivity contribution is -0.155. The molecule has 6 rings (SSSR count). The van der Waals surface area contributed by atoms with Crippen molar-refractivity contribution in [3.8, 4) is 5.75 Å². The molecule has 6 N–H and O–H groups in total. The summed E-state index contributed by atoms with van der Waals surface area (Å²) in [4.78, 5) is 52.7. The van der Waals surface area contributed by atoms with Crippen LogP contribution in [0.5, 0.6) is 5.75 Å². The Kier molecular flexibility index (Phi) is 9.72. The monoisotopic (exact) mass is 638 g/mol. The maximum Gasteiger partial charge on any atom is 0.246 e. The van der Waals surface area contributed by atoms with Crippen molar-refractivity contribution in [2.24, 2.45) is 11.5 Å². The molecule has 11 nitrogen and oxygen atoms in total. The number of aromatic amines is 1. The first-order valence-electron chi connectivity index (χ1n) is 16.9. The van der Waals surface area contributed by atoms with Gasteiger partial charge in [-0.05, 0) is 54.3 Å². The number of rotatable bonds is 14. The molecule has 2 aliphatic heterocycles. The summed E-state index contributed by atoms with van der Waals surface area (Å²) in [6.07, 6.45) is 5.81. The molecule has 0 bridgehead atoms. The van der Waals surface area contributed by atoms with Gasteiger partial charge >= 0.3 is 0 Å². The highest BCUT2D eigenvalue weighted by Crippen LogP contribution is 2.32. The highest BCUT2D eigenvalue weighted by Gasteiger charge is 2.48. The molecule has 0 saturated carbocycles. The molecule has 246 valence electrons. The molecule has 1 unspecified atom stereocenters. The molecule has 47 heavy (non-hydrogen) atoms. The number of carbonyl (C=O) groups is 3. The zero-order valence-corrected chi connectivity index (χ0v) is 26.4. The molecule has 2 fully saturated rings. The molecule has 2 saturated heterocycles. The Bertz CT molecular complexity index is 1690. The number of piperazine rings is 1. The molecule has 0 spiro atoms. The smallest absolute Gasteiger partial charge is 0.246 e. The van der Waals surface area contributed by atoms with Gasteiger partial charge in [-0.2, -0.15) is 0 Å². The van der Waals surface area contributed by atoms with Crippen LogP contribution in [0.4, 0.5) is 0 Å². The molecule has 3 aromatic carbocycles. The molecule has 11 heteroatoms. The lowest BCUT2D eigenvalue weighted by Crippen LogP contribution is -2.64. The van der Waals surface area contributed by atoms with Gasteiger partial charge in [-0.15, -0.1) is 0 Å². The van der Waals surface area contributed by atoms with Crippen LogP contribution in [0, 0.1) is 0 Å². The molecule has 3 heterocycles. The predicted molar refractivity (Wildman–Crippen MR) is 179 cm³/mol. The summed E-state index contributed by atoms with van der Waals surface area (Å²) >= 11 is 0. The Morgan fingerprint density at radius 3 is 2.62 bits per heavy atom. The minimum Gasteiger partial charge on any atom is -0.488 e. The van der Waals surface area contributed by atoms with E-state index in [0.29, 0.717) is 44.6 Å². The van der Waals surface area contributed by atoms with E-state index < -0.39 is 24.0 Å². The van der Waals surface area contributed by atoms with Crippen LogP contribution in [0.2, 0.25) is 1.41 Å². The first kappa shape index (κ1) is 30.9. The number of nitrogens with one attached hydrogen (secondary N) is 2. The van der Waals surface area contributed by atoms with Crippen LogP contribution < -0.4 is 21.5 Å². The average Bonchev–Trinajstić information content (AvgIpc) is 3.78. The van der Waals surface area contributed by atoms with Crippen molar-refractivity contribution in [2.75, 3.05) is 19.6 Å². The first-order valence-corrected chi connectivity index (χ1v) is 16.4. The predicted octanol–water partition coefficient (Wildman–Crippen LogP) is 2.55. The third-order valence-electron chi connectivity index (χ3n) is 9.16. The van der Waals surface area contributed by atoms with Crippen LogP contribution >= 0.6 is 0 Å². The van der Waals surface area contributed by atoms with Crippen molar-refractivity contribution < 1.29 is 20.5 Å². The van der Waals surface area contributed by atoms with Gasteiger partial charge in [0.05, 0.1) is 25.0 Å². The number of amides is 3. The fourth-order valence-electron chi connectivity index (χ4n) is 6.75. The third-order valence-corrected chi connectivity index (χ3v) is 9.16. The maximum absolute atomic E-state index is 14.5. The molecule has 4 aromatic rings. The van der Waals surface area contributed by atoms with Gasteiger partial charge in [0.15, 0.2) is 0 Å². The van der Waals surface area contributed by atoms with E-state index in [9.17, 15) is 14.4 Å². The van der Waals surface area contributed by atoms with E-state index in [1.54, 1.807) is 11.1 Å². The normalized spacial score (nSPS) is 20.8. The van der Waals surface area contributed by atoms with E-state index in [4.69, 9.17) is 11.9 Å². The lowest BCUT2D eigenvalue weighted by atomic mass is 9.97. The van der Waals surface area contributed by atoms with Gasteiger partial charge in [-0.25, -0.2) is 4.98 Å². The largest absolute Gasteiger partial charge is 0.488 e. The van der Waals surface area contributed by atoms with Crippen molar-refractivity contribution >= 4 is 28.5 Å². The number of fused-ring (bicyclic) bond motifs is 2. The second kappa shape index (κ2) is 14.8. The van der Waals surface area contributed by atoms with E-state index in [1.165, 1.54) is 6.33 Å². The van der Waals surface area contributed by atoms with Crippen molar-refractivity contribution in [3.05, 3.63) is 96.6 Å². The van der Waals surface area contributed by atoms with E-state index in [1.807, 2.05) is 71.6 Å². The SMILES string of the molecule is [2H]N[C@@H](Cc1cnc[nH]1)C(=O)N[C@@H](Cc1ccccc1)C(=O)N1CC2C[C@H](Oc3ccc4ccccc4c3)CN2C(=O)[C@@H]1CCCCN. The Morgan fingerprint density at radius 1 is 1.04 bits per heavy atom. The van der Waals surface area contributed by atoms with Crippen LogP contribution in [-0.2, 0) is 27.2 Å². The Balaban J connectivity index is 1.22. The van der Waals surface area contributed by atoms with Crippen molar-refractivity contribution in [1.82, 2.24) is 25.1 Å². The van der Waals surface area contributed by atoms with Crippen LogP contribution in [0.15, 0.2) is 85.3 Å². The summed E-state index contributed by atoms with van der Waals surface area (Å²) in [6.45, 7) is 1.28. The van der Waals surface area contributed by atoms with Gasteiger partial charge in [0, 0.05) is 37.7 Å². The first-order chi connectivity index (χ1) is 23.4. The quantitative estimate of drug-likeness (QED) is 0.155. The zero-order valence-electron chi connectivity index (χ0n) is 27.4. The van der Waals surface area contributed by atoms with Gasteiger partial charge < -0.3 is 36.3 Å². The van der Waals surface area contributed by atoms with Crippen molar-refractivity contribution in [2.45, 2.75) is 68.8 Å². The topological polar surface area (TPSA) is 160 Å². The van der Waals surface area contributed by atoms with Crippen LogP contribution in [0.25, 0.3) is 10.8 Å². The number of carbonyl (C=O) groups excluding carboxylic acids is 3. The van der Waals surface area contributed by atoms with Gasteiger partial charge in [-0.1, -0.05) is 60.7 Å². The maximum atomic E-state index is 14.5. The van der Waals surface area contributed by atoms with Crippen LogP contribution in [0.3, 0.4) is 0 Å². The van der Waals surface area contributed by atoms with Gasteiger partial charge in [0.1, 0.15) is 25.3 Å².